The maximum absolute atomic E-state index is 13.2. The Hall–Kier alpha value is -2.36. The van der Waals surface area contributed by atoms with E-state index in [0.29, 0.717) is 56.8 Å². The molecule has 10 heteroatoms. The minimum atomic E-state index is -3.23. The molecule has 4 rings (SSSR count). The number of aromatic nitrogens is 1. The fourth-order valence-electron chi connectivity index (χ4n) is 4.50. The van der Waals surface area contributed by atoms with Crippen LogP contribution in [0.5, 0.6) is 5.88 Å². The molecule has 2 aliphatic heterocycles. The Labute approximate surface area is 200 Å². The molecule has 2 aliphatic rings. The van der Waals surface area contributed by atoms with Gasteiger partial charge in [0.2, 0.25) is 15.9 Å². The Morgan fingerprint density at radius 2 is 1.79 bits per heavy atom. The molecule has 0 N–H and O–H groups in total. The van der Waals surface area contributed by atoms with Crippen LogP contribution in [0.15, 0.2) is 48.7 Å². The van der Waals surface area contributed by atoms with Crippen LogP contribution in [-0.4, -0.2) is 85.7 Å². The van der Waals surface area contributed by atoms with E-state index in [-0.39, 0.29) is 17.9 Å². The number of halogens is 1. The van der Waals surface area contributed by atoms with Crippen molar-refractivity contribution in [2.24, 2.45) is 5.92 Å². The van der Waals surface area contributed by atoms with E-state index in [9.17, 15) is 13.2 Å². The number of rotatable bonds is 5. The number of pyridine rings is 1. The molecule has 0 spiro atoms. The topological polar surface area (TPSA) is 83.1 Å². The summed E-state index contributed by atoms with van der Waals surface area (Å²) < 4.78 is 30.9. The highest BCUT2D eigenvalue weighted by atomic mass is 35.5. The van der Waals surface area contributed by atoms with Gasteiger partial charge in [-0.25, -0.2) is 18.2 Å². The van der Waals surface area contributed by atoms with Gasteiger partial charge in [0.25, 0.3) is 0 Å². The Balaban J connectivity index is 1.42. The second-order valence-electron chi connectivity index (χ2n) is 8.57. The van der Waals surface area contributed by atoms with Gasteiger partial charge in [0.05, 0.1) is 17.9 Å². The van der Waals surface area contributed by atoms with Crippen LogP contribution >= 0.6 is 11.6 Å². The van der Waals surface area contributed by atoms with Crippen LogP contribution in [0.2, 0.25) is 5.02 Å². The van der Waals surface area contributed by atoms with Gasteiger partial charge < -0.3 is 14.5 Å². The lowest BCUT2D eigenvalue weighted by Gasteiger charge is -2.42. The van der Waals surface area contributed by atoms with Gasteiger partial charge in [-0.2, -0.15) is 4.31 Å². The van der Waals surface area contributed by atoms with Crippen LogP contribution in [0.4, 0.5) is 4.79 Å². The van der Waals surface area contributed by atoms with Crippen LogP contribution in [0.3, 0.4) is 0 Å². The Kier molecular flexibility index (Phi) is 7.41. The minimum Gasteiger partial charge on any atom is -0.477 e. The van der Waals surface area contributed by atoms with E-state index in [4.69, 9.17) is 16.3 Å². The number of urea groups is 1. The molecule has 8 nitrogen and oxygen atoms in total. The highest BCUT2D eigenvalue weighted by molar-refractivity contribution is 7.88. The molecule has 0 unspecified atom stereocenters. The van der Waals surface area contributed by atoms with Gasteiger partial charge in [0, 0.05) is 63.4 Å². The van der Waals surface area contributed by atoms with Crippen LogP contribution in [-0.2, 0) is 10.0 Å². The molecule has 178 valence electrons. The molecule has 1 aromatic carbocycles. The zero-order chi connectivity index (χ0) is 23.4. The van der Waals surface area contributed by atoms with Crippen molar-refractivity contribution in [2.75, 3.05) is 52.1 Å². The summed E-state index contributed by atoms with van der Waals surface area (Å²) in [6, 6.07) is 13.7. The van der Waals surface area contributed by atoms with Gasteiger partial charge in [-0.05, 0) is 18.1 Å². The standard InChI is InChI=1S/C23H29ClN4O4S/c1-33(30,31)28-13-11-26(12-14-28)23(29)27-10-9-19(17-32-22-8-7-20(24)15-25-22)21(16-27)18-5-3-2-4-6-18/h2-8,15,19,21H,9-14,16-17H2,1H3/t19-,21-/m1/s1. The van der Waals surface area contributed by atoms with Crippen molar-refractivity contribution in [1.82, 2.24) is 19.1 Å². The fourth-order valence-corrected chi connectivity index (χ4v) is 5.44. The highest BCUT2D eigenvalue weighted by Gasteiger charge is 2.36. The first-order chi connectivity index (χ1) is 15.8. The number of ether oxygens (including phenoxy) is 1. The number of sulfonamides is 1. The number of benzene rings is 1. The maximum atomic E-state index is 13.2. The summed E-state index contributed by atoms with van der Waals surface area (Å²) in [5.41, 5.74) is 1.18. The van der Waals surface area contributed by atoms with Gasteiger partial charge in [0.1, 0.15) is 0 Å². The Bertz CT molecular complexity index is 1040. The lowest BCUT2D eigenvalue weighted by molar-refractivity contribution is 0.0959. The highest BCUT2D eigenvalue weighted by Crippen LogP contribution is 2.33. The van der Waals surface area contributed by atoms with Gasteiger partial charge in [-0.1, -0.05) is 41.9 Å². The van der Waals surface area contributed by atoms with E-state index in [0.717, 1.165) is 6.42 Å². The summed E-state index contributed by atoms with van der Waals surface area (Å²) in [5.74, 6) is 0.901. The minimum absolute atomic E-state index is 0.0252. The van der Waals surface area contributed by atoms with E-state index >= 15 is 0 Å². The number of hydrogen-bond acceptors (Lipinski definition) is 5. The molecule has 0 aliphatic carbocycles. The van der Waals surface area contributed by atoms with Crippen LogP contribution in [0.25, 0.3) is 0 Å². The number of nitrogens with zero attached hydrogens (tertiary/aromatic N) is 4. The molecule has 0 saturated carbocycles. The Morgan fingerprint density at radius 3 is 2.42 bits per heavy atom. The molecule has 2 saturated heterocycles. The van der Waals surface area contributed by atoms with Crippen molar-refractivity contribution in [3.63, 3.8) is 0 Å². The van der Waals surface area contributed by atoms with Gasteiger partial charge in [-0.15, -0.1) is 0 Å². The van der Waals surface area contributed by atoms with Crippen molar-refractivity contribution in [2.45, 2.75) is 12.3 Å². The zero-order valence-electron chi connectivity index (χ0n) is 18.6. The monoisotopic (exact) mass is 492 g/mol. The van der Waals surface area contributed by atoms with Crippen molar-refractivity contribution in [1.29, 1.82) is 0 Å². The molecule has 2 aromatic rings. The predicted molar refractivity (Wildman–Crippen MR) is 127 cm³/mol. The first-order valence-electron chi connectivity index (χ1n) is 11.1. The maximum Gasteiger partial charge on any atom is 0.320 e. The first-order valence-corrected chi connectivity index (χ1v) is 13.3. The van der Waals surface area contributed by atoms with E-state index in [1.807, 2.05) is 23.1 Å². The average Bonchev–Trinajstić information content (AvgIpc) is 2.83. The number of carbonyl (C=O) groups is 1. The lowest BCUT2D eigenvalue weighted by Crippen LogP contribution is -2.55. The third kappa shape index (κ3) is 5.96. The SMILES string of the molecule is CS(=O)(=O)N1CCN(C(=O)N2CC[C@H](COc3ccc(Cl)cn3)[C@@H](c3ccccc3)C2)CC1. The van der Waals surface area contributed by atoms with Crippen molar-refractivity contribution >= 4 is 27.7 Å². The molecular weight excluding hydrogens is 464 g/mol. The first kappa shape index (κ1) is 23.8. The molecule has 2 fully saturated rings. The van der Waals surface area contributed by atoms with Crippen LogP contribution in [0, 0.1) is 5.92 Å². The van der Waals surface area contributed by atoms with E-state index < -0.39 is 10.0 Å². The average molecular weight is 493 g/mol. The van der Waals surface area contributed by atoms with Crippen LogP contribution in [0.1, 0.15) is 17.9 Å². The largest absolute Gasteiger partial charge is 0.477 e. The van der Waals surface area contributed by atoms with Gasteiger partial charge >= 0.3 is 6.03 Å². The molecule has 33 heavy (non-hydrogen) atoms. The van der Waals surface area contributed by atoms with E-state index in [1.165, 1.54) is 16.1 Å². The number of piperazine rings is 1. The van der Waals surface area contributed by atoms with Gasteiger partial charge in [-0.3, -0.25) is 0 Å². The third-order valence-electron chi connectivity index (χ3n) is 6.38. The molecule has 3 heterocycles. The van der Waals surface area contributed by atoms with Crippen molar-refractivity contribution in [3.8, 4) is 5.88 Å². The smallest absolute Gasteiger partial charge is 0.320 e. The molecular formula is C23H29ClN4O4S. The predicted octanol–water partition coefficient (Wildman–Crippen LogP) is 2.92. The summed E-state index contributed by atoms with van der Waals surface area (Å²) >= 11 is 5.91. The second kappa shape index (κ2) is 10.3. The number of amides is 2. The van der Waals surface area contributed by atoms with Gasteiger partial charge in [0.15, 0.2) is 0 Å². The lowest BCUT2D eigenvalue weighted by atomic mass is 9.81. The molecule has 0 bridgehead atoms. The summed E-state index contributed by atoms with van der Waals surface area (Å²) in [7, 11) is -3.23. The summed E-state index contributed by atoms with van der Waals surface area (Å²) in [6.07, 6.45) is 3.58. The quantitative estimate of drug-likeness (QED) is 0.641. The fraction of sp³-hybridized carbons (Fsp3) is 0.478. The number of likely N-dealkylation sites (tertiary alicyclic amines) is 1. The summed E-state index contributed by atoms with van der Waals surface area (Å²) in [6.45, 7) is 3.23. The summed E-state index contributed by atoms with van der Waals surface area (Å²) in [5, 5.41) is 0.564. The van der Waals surface area contributed by atoms with E-state index in [2.05, 4.69) is 17.1 Å². The molecule has 2 atom stereocenters. The number of hydrogen-bond donors (Lipinski definition) is 0. The number of carbonyl (C=O) groups excluding carboxylic acids is 1. The van der Waals surface area contributed by atoms with E-state index in [1.54, 1.807) is 23.2 Å². The third-order valence-corrected chi connectivity index (χ3v) is 7.90. The molecule has 1 aromatic heterocycles. The van der Waals surface area contributed by atoms with Crippen molar-refractivity contribution < 1.29 is 17.9 Å². The zero-order valence-corrected chi connectivity index (χ0v) is 20.2. The normalized spacial score (nSPS) is 22.2. The van der Waals surface area contributed by atoms with Crippen molar-refractivity contribution in [3.05, 3.63) is 59.2 Å². The molecule has 0 radical (unpaired) electrons. The Morgan fingerprint density at radius 1 is 1.06 bits per heavy atom. The molecule has 2 amide bonds. The van der Waals surface area contributed by atoms with Crippen LogP contribution < -0.4 is 4.74 Å². The summed E-state index contributed by atoms with van der Waals surface area (Å²) in [4.78, 5) is 21.1. The number of piperidine rings is 1. The second-order valence-corrected chi connectivity index (χ2v) is 11.0.